The van der Waals surface area contributed by atoms with E-state index < -0.39 is 16.1 Å². The summed E-state index contributed by atoms with van der Waals surface area (Å²) in [4.78, 5) is 14.5. The van der Waals surface area contributed by atoms with Gasteiger partial charge in [-0.25, -0.2) is 8.42 Å². The highest BCUT2D eigenvalue weighted by Crippen LogP contribution is 2.30. The number of fused-ring (bicyclic) bond motifs is 1. The van der Waals surface area contributed by atoms with Crippen molar-refractivity contribution in [2.75, 3.05) is 26.2 Å². The van der Waals surface area contributed by atoms with Gasteiger partial charge in [-0.05, 0) is 23.8 Å². The highest BCUT2D eigenvalue weighted by atomic mass is 35.5. The van der Waals surface area contributed by atoms with Crippen LogP contribution in [0.4, 0.5) is 0 Å². The van der Waals surface area contributed by atoms with Crippen LogP contribution < -0.4 is 4.74 Å². The summed E-state index contributed by atoms with van der Waals surface area (Å²) >= 11 is 6.05. The molecule has 1 saturated heterocycles. The molecule has 2 heterocycles. The highest BCUT2D eigenvalue weighted by molar-refractivity contribution is 7.89. The second-order valence-corrected chi connectivity index (χ2v) is 8.89. The van der Waals surface area contributed by atoms with Crippen LogP contribution in [-0.4, -0.2) is 55.8 Å². The summed E-state index contributed by atoms with van der Waals surface area (Å²) in [6.45, 7) is 1.13. The van der Waals surface area contributed by atoms with Crippen LogP contribution in [0.5, 0.6) is 5.75 Å². The summed E-state index contributed by atoms with van der Waals surface area (Å²) in [5.41, 5.74) is 1.02. The van der Waals surface area contributed by atoms with E-state index in [1.165, 1.54) is 10.4 Å². The number of carbonyl (C=O) groups is 1. The second-order valence-electron chi connectivity index (χ2n) is 6.58. The van der Waals surface area contributed by atoms with Crippen molar-refractivity contribution < 1.29 is 17.9 Å². The number of piperazine rings is 1. The van der Waals surface area contributed by atoms with Crippen molar-refractivity contribution in [1.29, 1.82) is 0 Å². The number of hydrogen-bond donors (Lipinski definition) is 0. The first-order valence-electron chi connectivity index (χ1n) is 8.75. The Morgan fingerprint density at radius 1 is 1.00 bits per heavy atom. The molecule has 6 nitrogen and oxygen atoms in total. The van der Waals surface area contributed by atoms with Crippen LogP contribution in [0, 0.1) is 0 Å². The number of para-hydroxylation sites is 1. The molecule has 2 aromatic carbocycles. The molecular weight excluding hydrogens is 388 g/mol. The van der Waals surface area contributed by atoms with E-state index in [2.05, 4.69) is 0 Å². The molecule has 0 N–H and O–H groups in total. The number of ether oxygens (including phenoxy) is 1. The van der Waals surface area contributed by atoms with Gasteiger partial charge in [0.05, 0.1) is 5.02 Å². The van der Waals surface area contributed by atoms with Gasteiger partial charge in [0.25, 0.3) is 5.91 Å². The van der Waals surface area contributed by atoms with E-state index in [1.54, 1.807) is 23.1 Å². The summed E-state index contributed by atoms with van der Waals surface area (Å²) in [5.74, 6) is 0.650. The summed E-state index contributed by atoms with van der Waals surface area (Å²) in [5, 5.41) is 0.202. The molecule has 2 aromatic rings. The second kappa shape index (κ2) is 7.14. The minimum Gasteiger partial charge on any atom is -0.480 e. The lowest BCUT2D eigenvalue weighted by molar-refractivity contribution is -0.139. The van der Waals surface area contributed by atoms with Gasteiger partial charge in [-0.15, -0.1) is 0 Å². The molecule has 142 valence electrons. The Morgan fingerprint density at radius 2 is 1.67 bits per heavy atom. The van der Waals surface area contributed by atoms with Crippen LogP contribution in [0.1, 0.15) is 5.56 Å². The van der Waals surface area contributed by atoms with Crippen molar-refractivity contribution in [2.24, 2.45) is 0 Å². The third-order valence-electron chi connectivity index (χ3n) is 4.93. The molecule has 4 rings (SSSR count). The fraction of sp³-hybridized carbons (Fsp3) is 0.316. The number of benzene rings is 2. The van der Waals surface area contributed by atoms with E-state index in [1.807, 2.05) is 24.3 Å². The smallest absolute Gasteiger partial charge is 0.264 e. The first kappa shape index (κ1) is 18.3. The first-order chi connectivity index (χ1) is 13.0. The maximum atomic E-state index is 12.8. The maximum absolute atomic E-state index is 12.8. The molecule has 1 amide bonds. The molecule has 0 radical (unpaired) electrons. The van der Waals surface area contributed by atoms with Gasteiger partial charge in [0, 0.05) is 32.6 Å². The van der Waals surface area contributed by atoms with Gasteiger partial charge in [-0.3, -0.25) is 4.79 Å². The number of hydrogen-bond acceptors (Lipinski definition) is 4. The molecule has 1 unspecified atom stereocenters. The van der Waals surface area contributed by atoms with Gasteiger partial charge in [-0.1, -0.05) is 41.9 Å². The molecule has 27 heavy (non-hydrogen) atoms. The molecule has 0 saturated carbocycles. The molecule has 8 heteroatoms. The third kappa shape index (κ3) is 3.42. The highest BCUT2D eigenvalue weighted by Gasteiger charge is 2.36. The molecule has 1 fully saturated rings. The fourth-order valence-corrected chi connectivity index (χ4v) is 5.38. The van der Waals surface area contributed by atoms with Crippen LogP contribution in [0.25, 0.3) is 0 Å². The maximum Gasteiger partial charge on any atom is 0.264 e. The summed E-state index contributed by atoms with van der Waals surface area (Å²) in [6.07, 6.45) is 0.0155. The van der Waals surface area contributed by atoms with Crippen LogP contribution in [0.3, 0.4) is 0 Å². The summed E-state index contributed by atoms with van der Waals surface area (Å²) in [7, 11) is -3.67. The Hall–Kier alpha value is -2.09. The van der Waals surface area contributed by atoms with E-state index in [-0.39, 0.29) is 28.9 Å². The van der Waals surface area contributed by atoms with E-state index in [0.717, 1.165) is 11.3 Å². The molecule has 0 bridgehead atoms. The number of rotatable bonds is 3. The van der Waals surface area contributed by atoms with Gasteiger partial charge in [0.15, 0.2) is 6.10 Å². The molecule has 0 aliphatic carbocycles. The molecule has 0 aromatic heterocycles. The number of carbonyl (C=O) groups excluding carboxylic acids is 1. The quantitative estimate of drug-likeness (QED) is 0.783. The number of sulfonamides is 1. The average molecular weight is 407 g/mol. The zero-order valence-corrected chi connectivity index (χ0v) is 16.1. The number of amides is 1. The molecular formula is C19H19ClN2O4S. The van der Waals surface area contributed by atoms with E-state index >= 15 is 0 Å². The predicted octanol–water partition coefficient (Wildman–Crippen LogP) is 2.18. The minimum absolute atomic E-state index is 0.0963. The molecule has 2 aliphatic heterocycles. The van der Waals surface area contributed by atoms with Gasteiger partial charge in [0.2, 0.25) is 10.0 Å². The Kier molecular flexibility index (Phi) is 4.84. The van der Waals surface area contributed by atoms with Gasteiger partial charge >= 0.3 is 0 Å². The standard InChI is InChI=1S/C19H19ClN2O4S/c20-15-6-2-4-8-18(15)27(24,25)22-11-9-21(10-12-22)19(23)17-13-14-5-1-3-7-16(14)26-17/h1-8,17H,9-13H2. The van der Waals surface area contributed by atoms with Crippen LogP contribution >= 0.6 is 11.6 Å². The minimum atomic E-state index is -3.67. The average Bonchev–Trinajstić information content (AvgIpc) is 3.12. The van der Waals surface area contributed by atoms with Crippen molar-refractivity contribution in [3.63, 3.8) is 0 Å². The van der Waals surface area contributed by atoms with Crippen LogP contribution in [0.2, 0.25) is 5.02 Å². The Bertz CT molecular complexity index is 946. The molecule has 2 aliphatic rings. The fourth-order valence-electron chi connectivity index (χ4n) is 3.47. The monoisotopic (exact) mass is 406 g/mol. The molecule has 1 atom stereocenters. The topological polar surface area (TPSA) is 66.9 Å². The Morgan fingerprint density at radius 3 is 2.37 bits per heavy atom. The largest absolute Gasteiger partial charge is 0.480 e. The number of halogens is 1. The van der Waals surface area contributed by atoms with Gasteiger partial charge < -0.3 is 9.64 Å². The lowest BCUT2D eigenvalue weighted by atomic mass is 10.1. The lowest BCUT2D eigenvalue weighted by Crippen LogP contribution is -2.53. The Labute approximate surface area is 163 Å². The third-order valence-corrected chi connectivity index (χ3v) is 7.33. The van der Waals surface area contributed by atoms with E-state index in [0.29, 0.717) is 19.5 Å². The lowest BCUT2D eigenvalue weighted by Gasteiger charge is -2.35. The zero-order valence-electron chi connectivity index (χ0n) is 14.5. The van der Waals surface area contributed by atoms with Crippen molar-refractivity contribution >= 4 is 27.5 Å². The SMILES string of the molecule is O=C(C1Cc2ccccc2O1)N1CCN(S(=O)(=O)c2ccccc2Cl)CC1. The Balaban J connectivity index is 1.41. The van der Waals surface area contributed by atoms with Crippen molar-refractivity contribution in [1.82, 2.24) is 9.21 Å². The summed E-state index contributed by atoms with van der Waals surface area (Å²) < 4.78 is 32.7. The zero-order chi connectivity index (χ0) is 19.0. The normalized spacial score (nSPS) is 20.2. The van der Waals surface area contributed by atoms with Crippen molar-refractivity contribution in [3.05, 3.63) is 59.1 Å². The van der Waals surface area contributed by atoms with Crippen molar-refractivity contribution in [3.8, 4) is 5.75 Å². The van der Waals surface area contributed by atoms with Crippen LogP contribution in [-0.2, 0) is 21.2 Å². The van der Waals surface area contributed by atoms with Crippen molar-refractivity contribution in [2.45, 2.75) is 17.4 Å². The van der Waals surface area contributed by atoms with Gasteiger partial charge in [-0.2, -0.15) is 4.31 Å². The van der Waals surface area contributed by atoms with E-state index in [4.69, 9.17) is 16.3 Å². The van der Waals surface area contributed by atoms with E-state index in [9.17, 15) is 13.2 Å². The first-order valence-corrected chi connectivity index (χ1v) is 10.6. The predicted molar refractivity (Wildman–Crippen MR) is 101 cm³/mol. The molecule has 0 spiro atoms. The number of nitrogens with zero attached hydrogens (tertiary/aromatic N) is 2. The summed E-state index contributed by atoms with van der Waals surface area (Å²) in [6, 6.07) is 14.0. The van der Waals surface area contributed by atoms with Gasteiger partial charge in [0.1, 0.15) is 10.6 Å². The van der Waals surface area contributed by atoms with Crippen LogP contribution in [0.15, 0.2) is 53.4 Å².